The zero-order valence-electron chi connectivity index (χ0n) is 15.0. The SMILES string of the molecule is CC1CC(c2ccccc2F)N(S(=O)(=O)c2cn(C)c(C(C)C)n2)C1. The van der Waals surface area contributed by atoms with Gasteiger partial charge in [0.1, 0.15) is 11.6 Å². The van der Waals surface area contributed by atoms with Gasteiger partial charge in [-0.15, -0.1) is 0 Å². The molecule has 0 amide bonds. The normalized spacial score (nSPS) is 22.0. The van der Waals surface area contributed by atoms with Gasteiger partial charge in [0.2, 0.25) is 0 Å². The second kappa shape index (κ2) is 6.53. The fourth-order valence-corrected chi connectivity index (χ4v) is 5.26. The molecule has 1 aromatic carbocycles. The van der Waals surface area contributed by atoms with Crippen LogP contribution in [0.1, 0.15) is 50.5 Å². The number of nitrogens with zero attached hydrogens (tertiary/aromatic N) is 3. The summed E-state index contributed by atoms with van der Waals surface area (Å²) in [5, 5.41) is 0.0362. The van der Waals surface area contributed by atoms with E-state index >= 15 is 0 Å². The van der Waals surface area contributed by atoms with E-state index in [-0.39, 0.29) is 22.7 Å². The Morgan fingerprint density at radius 2 is 1.96 bits per heavy atom. The fourth-order valence-electron chi connectivity index (χ4n) is 3.53. The molecule has 1 aliphatic heterocycles. The number of halogens is 1. The summed E-state index contributed by atoms with van der Waals surface area (Å²) in [5.41, 5.74) is 0.426. The highest BCUT2D eigenvalue weighted by molar-refractivity contribution is 7.89. The number of aryl methyl sites for hydroxylation is 1. The lowest BCUT2D eigenvalue weighted by molar-refractivity contribution is 0.383. The predicted molar refractivity (Wildman–Crippen MR) is 94.1 cm³/mol. The van der Waals surface area contributed by atoms with Crippen LogP contribution < -0.4 is 0 Å². The van der Waals surface area contributed by atoms with Crippen molar-refractivity contribution in [3.8, 4) is 0 Å². The number of rotatable bonds is 4. The van der Waals surface area contributed by atoms with Crippen molar-refractivity contribution in [1.29, 1.82) is 0 Å². The summed E-state index contributed by atoms with van der Waals surface area (Å²) >= 11 is 0. The first-order valence-electron chi connectivity index (χ1n) is 8.51. The molecular formula is C18H24FN3O2S. The molecule has 0 saturated carbocycles. The third kappa shape index (κ3) is 3.22. The smallest absolute Gasteiger partial charge is 0.262 e. The van der Waals surface area contributed by atoms with Crippen molar-refractivity contribution >= 4 is 10.0 Å². The molecule has 2 aromatic rings. The topological polar surface area (TPSA) is 55.2 Å². The first-order chi connectivity index (χ1) is 11.7. The quantitative estimate of drug-likeness (QED) is 0.834. The van der Waals surface area contributed by atoms with Gasteiger partial charge >= 0.3 is 0 Å². The number of aromatic nitrogens is 2. The molecule has 1 fully saturated rings. The van der Waals surface area contributed by atoms with Crippen LogP contribution in [0.25, 0.3) is 0 Å². The Bertz CT molecular complexity index is 876. The average Bonchev–Trinajstić information content (AvgIpc) is 3.11. The van der Waals surface area contributed by atoms with Gasteiger partial charge in [-0.1, -0.05) is 39.0 Å². The van der Waals surface area contributed by atoms with Crippen molar-refractivity contribution in [3.05, 3.63) is 47.7 Å². The number of hydrogen-bond acceptors (Lipinski definition) is 3. The molecule has 0 radical (unpaired) electrons. The fraction of sp³-hybridized carbons (Fsp3) is 0.500. The average molecular weight is 365 g/mol. The van der Waals surface area contributed by atoms with Gasteiger partial charge in [0.15, 0.2) is 5.03 Å². The molecular weight excluding hydrogens is 341 g/mol. The molecule has 0 bridgehead atoms. The van der Waals surface area contributed by atoms with Crippen molar-refractivity contribution in [2.24, 2.45) is 13.0 Å². The highest BCUT2D eigenvalue weighted by atomic mass is 32.2. The molecule has 0 spiro atoms. The molecule has 0 aliphatic carbocycles. The number of imidazole rings is 1. The van der Waals surface area contributed by atoms with Crippen molar-refractivity contribution in [2.75, 3.05) is 6.54 Å². The van der Waals surface area contributed by atoms with Gasteiger partial charge in [-0.3, -0.25) is 0 Å². The van der Waals surface area contributed by atoms with E-state index in [0.717, 1.165) is 0 Å². The van der Waals surface area contributed by atoms with E-state index in [9.17, 15) is 12.8 Å². The summed E-state index contributed by atoms with van der Waals surface area (Å²) in [6.07, 6.45) is 2.15. The molecule has 136 valence electrons. The van der Waals surface area contributed by atoms with Crippen LogP contribution in [0.4, 0.5) is 4.39 Å². The standard InChI is InChI=1S/C18H24FN3O2S/c1-12(2)18-20-17(11-21(18)4)25(23,24)22-10-13(3)9-16(22)14-7-5-6-8-15(14)19/h5-8,11-13,16H,9-10H2,1-4H3. The highest BCUT2D eigenvalue weighted by Crippen LogP contribution is 2.40. The monoisotopic (exact) mass is 365 g/mol. The molecule has 2 heterocycles. The third-order valence-electron chi connectivity index (χ3n) is 4.71. The second-order valence-corrected chi connectivity index (χ2v) is 8.99. The van der Waals surface area contributed by atoms with Crippen LogP contribution in [0.3, 0.4) is 0 Å². The largest absolute Gasteiger partial charge is 0.336 e. The molecule has 0 N–H and O–H groups in total. The lowest BCUT2D eigenvalue weighted by Gasteiger charge is -2.23. The van der Waals surface area contributed by atoms with Crippen LogP contribution in [-0.4, -0.2) is 28.8 Å². The van der Waals surface area contributed by atoms with E-state index in [1.54, 1.807) is 36.0 Å². The molecule has 2 unspecified atom stereocenters. The minimum absolute atomic E-state index is 0.0362. The van der Waals surface area contributed by atoms with E-state index < -0.39 is 16.1 Å². The summed E-state index contributed by atoms with van der Waals surface area (Å²) in [6, 6.07) is 5.90. The van der Waals surface area contributed by atoms with Crippen molar-refractivity contribution in [3.63, 3.8) is 0 Å². The van der Waals surface area contributed by atoms with Gasteiger partial charge in [0, 0.05) is 31.3 Å². The van der Waals surface area contributed by atoms with Crippen LogP contribution in [0.2, 0.25) is 0 Å². The minimum Gasteiger partial charge on any atom is -0.336 e. The molecule has 25 heavy (non-hydrogen) atoms. The lowest BCUT2D eigenvalue weighted by Crippen LogP contribution is -2.32. The summed E-state index contributed by atoms with van der Waals surface area (Å²) in [6.45, 7) is 6.30. The molecule has 1 saturated heterocycles. The summed E-state index contributed by atoms with van der Waals surface area (Å²) < 4.78 is 43.8. The number of hydrogen-bond donors (Lipinski definition) is 0. The Kier molecular flexibility index (Phi) is 4.72. The predicted octanol–water partition coefficient (Wildman–Crippen LogP) is 3.45. The second-order valence-electron chi connectivity index (χ2n) is 7.16. The van der Waals surface area contributed by atoms with Gasteiger partial charge in [0.25, 0.3) is 10.0 Å². The number of benzene rings is 1. The maximum Gasteiger partial charge on any atom is 0.262 e. The molecule has 2 atom stereocenters. The summed E-state index contributed by atoms with van der Waals surface area (Å²) in [4.78, 5) is 4.34. The van der Waals surface area contributed by atoms with E-state index in [4.69, 9.17) is 0 Å². The highest BCUT2D eigenvalue weighted by Gasteiger charge is 2.41. The van der Waals surface area contributed by atoms with Gasteiger partial charge in [-0.25, -0.2) is 17.8 Å². The minimum atomic E-state index is -3.79. The van der Waals surface area contributed by atoms with Gasteiger partial charge in [0.05, 0.1) is 6.04 Å². The maximum atomic E-state index is 14.3. The Morgan fingerprint density at radius 3 is 2.56 bits per heavy atom. The van der Waals surface area contributed by atoms with Crippen LogP contribution in [0, 0.1) is 11.7 Å². The lowest BCUT2D eigenvalue weighted by atomic mass is 10.0. The van der Waals surface area contributed by atoms with Crippen molar-refractivity contribution in [1.82, 2.24) is 13.9 Å². The zero-order chi connectivity index (χ0) is 18.4. The first-order valence-corrected chi connectivity index (χ1v) is 9.95. The molecule has 7 heteroatoms. The van der Waals surface area contributed by atoms with Gasteiger partial charge in [-0.2, -0.15) is 4.31 Å². The molecule has 1 aliphatic rings. The van der Waals surface area contributed by atoms with Crippen LogP contribution in [-0.2, 0) is 17.1 Å². The van der Waals surface area contributed by atoms with E-state index in [1.165, 1.54) is 10.4 Å². The van der Waals surface area contributed by atoms with E-state index in [1.807, 2.05) is 20.8 Å². The zero-order valence-corrected chi connectivity index (χ0v) is 15.8. The van der Waals surface area contributed by atoms with Crippen molar-refractivity contribution in [2.45, 2.75) is 44.2 Å². The van der Waals surface area contributed by atoms with Crippen LogP contribution in [0.15, 0.2) is 35.5 Å². The Labute approximate surface area is 148 Å². The molecule has 1 aromatic heterocycles. The third-order valence-corrected chi connectivity index (χ3v) is 6.46. The Balaban J connectivity index is 2.03. The molecule has 5 nitrogen and oxygen atoms in total. The summed E-state index contributed by atoms with van der Waals surface area (Å²) in [5.74, 6) is 0.625. The Morgan fingerprint density at radius 1 is 1.28 bits per heavy atom. The number of sulfonamides is 1. The molecule has 3 rings (SSSR count). The van der Waals surface area contributed by atoms with Crippen LogP contribution in [0.5, 0.6) is 0 Å². The van der Waals surface area contributed by atoms with Gasteiger partial charge < -0.3 is 4.57 Å². The van der Waals surface area contributed by atoms with E-state index in [0.29, 0.717) is 24.4 Å². The van der Waals surface area contributed by atoms with Crippen molar-refractivity contribution < 1.29 is 12.8 Å². The van der Waals surface area contributed by atoms with Gasteiger partial charge in [-0.05, 0) is 18.4 Å². The summed E-state index contributed by atoms with van der Waals surface area (Å²) in [7, 11) is -1.99. The van der Waals surface area contributed by atoms with Crippen LogP contribution >= 0.6 is 0 Å². The van der Waals surface area contributed by atoms with E-state index in [2.05, 4.69) is 4.98 Å². The first kappa shape index (κ1) is 18.1. The maximum absolute atomic E-state index is 14.3. The Hall–Kier alpha value is -1.73.